The van der Waals surface area contributed by atoms with E-state index in [1.54, 1.807) is 42.5 Å². The van der Waals surface area contributed by atoms with Crippen LogP contribution in [0.25, 0.3) is 17.1 Å². The molecule has 186 valence electrons. The molecule has 10 heteroatoms. The van der Waals surface area contributed by atoms with Gasteiger partial charge in [0.15, 0.2) is 5.78 Å². The molecule has 0 bridgehead atoms. The number of aromatic nitrogens is 2. The molecule has 1 atom stereocenters. The molecule has 0 fully saturated rings. The third-order valence-corrected chi connectivity index (χ3v) is 5.34. The van der Waals surface area contributed by atoms with Crippen molar-refractivity contribution < 1.29 is 19.1 Å². The summed E-state index contributed by atoms with van der Waals surface area (Å²) in [7, 11) is 0. The number of azo groups is 1. The summed E-state index contributed by atoms with van der Waals surface area (Å²) in [5, 5.41) is 10.5. The monoisotopic (exact) mass is 497 g/mol. The van der Waals surface area contributed by atoms with Crippen LogP contribution in [0.5, 0.6) is 0 Å². The minimum Gasteiger partial charge on any atom is -0.457 e. The molecule has 1 unspecified atom stereocenters. The second kappa shape index (κ2) is 11.1. The van der Waals surface area contributed by atoms with Crippen LogP contribution in [0.15, 0.2) is 88.3 Å². The van der Waals surface area contributed by atoms with Gasteiger partial charge in [0.05, 0.1) is 22.3 Å². The van der Waals surface area contributed by atoms with Gasteiger partial charge in [-0.1, -0.05) is 36.9 Å². The van der Waals surface area contributed by atoms with E-state index in [4.69, 9.17) is 4.74 Å². The van der Waals surface area contributed by atoms with Crippen LogP contribution in [0.3, 0.4) is 0 Å². The van der Waals surface area contributed by atoms with Crippen LogP contribution in [0.4, 0.5) is 11.4 Å². The number of rotatable bonds is 9. The summed E-state index contributed by atoms with van der Waals surface area (Å²) in [6.07, 6.45) is 1.71. The molecule has 0 saturated heterocycles. The third-order valence-electron chi connectivity index (χ3n) is 5.34. The molecule has 0 aliphatic heterocycles. The van der Waals surface area contributed by atoms with Crippen molar-refractivity contribution in [2.75, 3.05) is 5.32 Å². The molecular formula is C27H23N5O5. The lowest BCUT2D eigenvalue weighted by Crippen LogP contribution is -2.31. The van der Waals surface area contributed by atoms with Gasteiger partial charge in [-0.05, 0) is 60.5 Å². The zero-order valence-corrected chi connectivity index (χ0v) is 19.9. The lowest BCUT2D eigenvalue weighted by Gasteiger charge is -2.09. The normalized spacial score (nSPS) is 11.8. The number of nitrogens with zero attached hydrogens (tertiary/aromatic N) is 2. The number of amides is 1. The highest BCUT2D eigenvalue weighted by molar-refractivity contribution is 6.10. The molecule has 10 nitrogen and oxygen atoms in total. The van der Waals surface area contributed by atoms with Crippen molar-refractivity contribution in [2.24, 2.45) is 10.2 Å². The fourth-order valence-corrected chi connectivity index (χ4v) is 3.50. The van der Waals surface area contributed by atoms with Crippen molar-refractivity contribution in [2.45, 2.75) is 19.6 Å². The van der Waals surface area contributed by atoms with E-state index < -0.39 is 23.7 Å². The molecule has 0 saturated carbocycles. The molecule has 4 rings (SSSR count). The van der Waals surface area contributed by atoms with Gasteiger partial charge in [0.1, 0.15) is 6.61 Å². The largest absolute Gasteiger partial charge is 0.457 e. The predicted molar refractivity (Wildman–Crippen MR) is 139 cm³/mol. The highest BCUT2D eigenvalue weighted by Crippen LogP contribution is 2.19. The van der Waals surface area contributed by atoms with Gasteiger partial charge < -0.3 is 20.0 Å². The first-order valence-corrected chi connectivity index (χ1v) is 11.2. The van der Waals surface area contributed by atoms with E-state index in [0.717, 1.165) is 11.1 Å². The maximum Gasteiger partial charge on any atom is 0.338 e. The Bertz CT molecular complexity index is 1580. The first-order valence-electron chi connectivity index (χ1n) is 11.2. The molecule has 0 aliphatic carbocycles. The van der Waals surface area contributed by atoms with E-state index in [1.165, 1.54) is 13.0 Å². The zero-order valence-electron chi connectivity index (χ0n) is 19.9. The van der Waals surface area contributed by atoms with Crippen molar-refractivity contribution in [1.29, 1.82) is 0 Å². The fraction of sp³-hybridized carbons (Fsp3) is 0.111. The van der Waals surface area contributed by atoms with Crippen LogP contribution in [0.1, 0.15) is 28.4 Å². The zero-order chi connectivity index (χ0) is 26.4. The van der Waals surface area contributed by atoms with Crippen LogP contribution in [-0.4, -0.2) is 33.7 Å². The van der Waals surface area contributed by atoms with Crippen LogP contribution in [0.2, 0.25) is 0 Å². The summed E-state index contributed by atoms with van der Waals surface area (Å²) in [4.78, 5) is 54.0. The second-order valence-corrected chi connectivity index (χ2v) is 8.13. The fourth-order valence-electron chi connectivity index (χ4n) is 3.50. The first kappa shape index (κ1) is 25.0. The highest BCUT2D eigenvalue weighted by Gasteiger charge is 2.23. The Kier molecular flexibility index (Phi) is 7.48. The summed E-state index contributed by atoms with van der Waals surface area (Å²) >= 11 is 0. The lowest BCUT2D eigenvalue weighted by molar-refractivity contribution is -0.126. The number of esters is 1. The van der Waals surface area contributed by atoms with Gasteiger partial charge in [-0.2, -0.15) is 10.2 Å². The van der Waals surface area contributed by atoms with Crippen molar-refractivity contribution in [3.8, 4) is 0 Å². The number of carbonyl (C=O) groups is 3. The number of nitrogens with one attached hydrogen (secondary N) is 3. The number of carbonyl (C=O) groups excluding carboxylic acids is 3. The highest BCUT2D eigenvalue weighted by atomic mass is 16.5. The van der Waals surface area contributed by atoms with E-state index in [1.807, 2.05) is 24.3 Å². The molecule has 0 radical (unpaired) electrons. The summed E-state index contributed by atoms with van der Waals surface area (Å²) in [5.74, 6) is -1.76. The smallest absolute Gasteiger partial charge is 0.338 e. The van der Waals surface area contributed by atoms with Crippen molar-refractivity contribution in [1.82, 2.24) is 9.97 Å². The van der Waals surface area contributed by atoms with Crippen LogP contribution < -0.4 is 11.0 Å². The number of aromatic amines is 2. The molecule has 37 heavy (non-hydrogen) atoms. The molecular weight excluding hydrogens is 474 g/mol. The lowest BCUT2D eigenvalue weighted by atomic mass is 10.1. The van der Waals surface area contributed by atoms with Crippen LogP contribution in [-0.2, 0) is 20.9 Å². The minimum atomic E-state index is -1.41. The number of anilines is 1. The third kappa shape index (κ3) is 6.31. The predicted octanol–water partition coefficient (Wildman–Crippen LogP) is 4.54. The molecule has 0 aliphatic rings. The molecule has 3 aromatic carbocycles. The molecule has 1 aromatic heterocycles. The minimum absolute atomic E-state index is 0.0846. The number of imidazole rings is 1. The average molecular weight is 498 g/mol. The Morgan fingerprint density at radius 2 is 1.81 bits per heavy atom. The van der Waals surface area contributed by atoms with Crippen LogP contribution in [0, 0.1) is 0 Å². The van der Waals surface area contributed by atoms with Crippen LogP contribution >= 0.6 is 0 Å². The van der Waals surface area contributed by atoms with Crippen molar-refractivity contribution in [3.05, 3.63) is 100 Å². The van der Waals surface area contributed by atoms with Gasteiger partial charge in [0, 0.05) is 5.69 Å². The van der Waals surface area contributed by atoms with E-state index in [0.29, 0.717) is 16.7 Å². The summed E-state index contributed by atoms with van der Waals surface area (Å²) in [6, 6.07) is 17.0. The quantitative estimate of drug-likeness (QED) is 0.177. The Balaban J connectivity index is 1.43. The van der Waals surface area contributed by atoms with Gasteiger partial charge in [0.2, 0.25) is 6.04 Å². The Hall–Kier alpha value is -5.12. The molecule has 4 aromatic rings. The molecule has 1 heterocycles. The van der Waals surface area contributed by atoms with Crippen molar-refractivity contribution >= 4 is 46.1 Å². The number of fused-ring (bicyclic) bond motifs is 1. The topological polar surface area (TPSA) is 146 Å². The van der Waals surface area contributed by atoms with Gasteiger partial charge >= 0.3 is 11.7 Å². The summed E-state index contributed by atoms with van der Waals surface area (Å²) in [5.41, 5.74) is 3.33. The SMILES string of the molecule is C=Cc1cccc(COC(=O)c2cccc(N=NC(C(C)=O)C(=O)Nc3ccc4[nH]c(=O)[nH]c4c3)c2)c1. The summed E-state index contributed by atoms with van der Waals surface area (Å²) in [6.45, 7) is 5.03. The van der Waals surface area contributed by atoms with Crippen molar-refractivity contribution in [3.63, 3.8) is 0 Å². The molecule has 1 amide bonds. The maximum atomic E-state index is 12.7. The number of hydrogen-bond acceptors (Lipinski definition) is 7. The number of ketones is 1. The van der Waals surface area contributed by atoms with E-state index in [2.05, 4.69) is 32.1 Å². The molecule has 3 N–H and O–H groups in total. The Morgan fingerprint density at radius 3 is 2.59 bits per heavy atom. The summed E-state index contributed by atoms with van der Waals surface area (Å²) < 4.78 is 5.38. The number of benzene rings is 3. The number of H-pyrrole nitrogens is 2. The maximum absolute atomic E-state index is 12.7. The number of ether oxygens (including phenoxy) is 1. The number of Topliss-reactive ketones (excluding diaryl/α,β-unsaturated/α-hetero) is 1. The standard InChI is InChI=1S/C27H23N5O5/c1-3-17-6-4-7-18(12-17)15-37-26(35)19-8-5-9-21(13-19)31-32-24(16(2)33)25(34)28-20-10-11-22-23(14-20)30-27(36)29-22/h3-14,24H,1,15H2,2H3,(H,28,34)(H2,29,30,36). The average Bonchev–Trinajstić information content (AvgIpc) is 3.26. The van der Waals surface area contributed by atoms with Gasteiger partial charge in [-0.3, -0.25) is 9.59 Å². The Morgan fingerprint density at radius 1 is 1.03 bits per heavy atom. The number of hydrogen-bond donors (Lipinski definition) is 3. The van der Waals surface area contributed by atoms with Gasteiger partial charge in [-0.15, -0.1) is 0 Å². The molecule has 0 spiro atoms. The van der Waals surface area contributed by atoms with Gasteiger partial charge in [-0.25, -0.2) is 9.59 Å². The second-order valence-electron chi connectivity index (χ2n) is 8.13. The van der Waals surface area contributed by atoms with E-state index in [9.17, 15) is 19.2 Å². The first-order chi connectivity index (χ1) is 17.8. The van der Waals surface area contributed by atoms with Gasteiger partial charge in [0.25, 0.3) is 5.91 Å². The van der Waals surface area contributed by atoms with E-state index >= 15 is 0 Å². The van der Waals surface area contributed by atoms with E-state index in [-0.39, 0.29) is 23.5 Å². The Labute approximate surface area is 211 Å².